The highest BCUT2D eigenvalue weighted by atomic mass is 16.5. The van der Waals surface area contributed by atoms with E-state index in [1.807, 2.05) is 24.3 Å². The molecule has 0 aliphatic carbocycles. The Labute approximate surface area is 156 Å². The Morgan fingerprint density at radius 1 is 0.889 bits per heavy atom. The van der Waals surface area contributed by atoms with Gasteiger partial charge >= 0.3 is 0 Å². The van der Waals surface area contributed by atoms with Crippen molar-refractivity contribution in [2.75, 3.05) is 6.61 Å². The minimum atomic E-state index is -0.650. The largest absolute Gasteiger partial charge is 0.491 e. The molecule has 0 spiro atoms. The molecule has 4 rings (SSSR count). The first kappa shape index (κ1) is 17.1. The van der Waals surface area contributed by atoms with Crippen molar-refractivity contribution in [2.45, 2.75) is 12.6 Å². The number of hydrogen-bond donors (Lipinski definition) is 2. The molecule has 0 fully saturated rings. The Bertz CT molecular complexity index is 1030. The molecule has 1 unspecified atom stereocenters. The van der Waals surface area contributed by atoms with Crippen LogP contribution in [0.4, 0.5) is 0 Å². The maximum atomic E-state index is 10.5. The van der Waals surface area contributed by atoms with Crippen molar-refractivity contribution in [2.24, 2.45) is 5.16 Å². The molecule has 1 aromatic heterocycles. The van der Waals surface area contributed by atoms with E-state index in [1.54, 1.807) is 24.3 Å². The van der Waals surface area contributed by atoms with Gasteiger partial charge in [0.25, 0.3) is 0 Å². The first-order valence-corrected chi connectivity index (χ1v) is 8.80. The number of ether oxygens (including phenoxy) is 1. The highest BCUT2D eigenvalue weighted by molar-refractivity contribution is 6.07. The molecule has 1 heterocycles. The molecule has 0 amide bonds. The summed E-state index contributed by atoms with van der Waals surface area (Å²) in [7, 11) is 0. The predicted octanol–water partition coefficient (Wildman–Crippen LogP) is 4.04. The highest BCUT2D eigenvalue weighted by Crippen LogP contribution is 2.28. The molecule has 3 aromatic carbocycles. The molecule has 136 valence electrons. The average molecular weight is 360 g/mol. The molecule has 1 atom stereocenters. The molecule has 27 heavy (non-hydrogen) atoms. The minimum absolute atomic E-state index is 0.189. The van der Waals surface area contributed by atoms with Crippen molar-refractivity contribution < 1.29 is 15.1 Å². The molecule has 0 aliphatic rings. The molecular weight excluding hydrogens is 340 g/mol. The van der Waals surface area contributed by atoms with Crippen LogP contribution in [-0.2, 0) is 6.54 Å². The maximum Gasteiger partial charge on any atom is 0.119 e. The monoisotopic (exact) mass is 360 g/mol. The summed E-state index contributed by atoms with van der Waals surface area (Å²) >= 11 is 0. The molecule has 2 N–H and O–H groups in total. The number of benzene rings is 3. The fraction of sp³-hybridized carbons (Fsp3) is 0.136. The molecule has 0 aliphatic heterocycles. The van der Waals surface area contributed by atoms with Gasteiger partial charge in [0.2, 0.25) is 0 Å². The molecular formula is C22H20N2O3. The standard InChI is InChI=1S/C22H20N2O3/c25-17(15-27-18-11-9-16(10-12-18)13-23-26)14-24-21-7-3-1-5-19(21)20-6-2-4-8-22(20)24/h1-13,17,25-26H,14-15H2/b23-13+. The molecule has 0 saturated carbocycles. The SMILES string of the molecule is O/N=C/c1ccc(OCC(O)Cn2c3ccccc3c3ccccc32)cc1. The number of aromatic nitrogens is 1. The maximum absolute atomic E-state index is 10.5. The number of rotatable bonds is 6. The predicted molar refractivity (Wildman–Crippen MR) is 107 cm³/mol. The lowest BCUT2D eigenvalue weighted by atomic mass is 10.2. The van der Waals surface area contributed by atoms with E-state index < -0.39 is 6.10 Å². The van der Waals surface area contributed by atoms with Crippen LogP contribution in [0.25, 0.3) is 21.8 Å². The summed E-state index contributed by atoms with van der Waals surface area (Å²) in [5.74, 6) is 0.659. The van der Waals surface area contributed by atoms with Crippen molar-refractivity contribution in [3.05, 3.63) is 78.4 Å². The van der Waals surface area contributed by atoms with Gasteiger partial charge in [-0.15, -0.1) is 0 Å². The number of aliphatic hydroxyl groups is 1. The summed E-state index contributed by atoms with van der Waals surface area (Å²) in [5, 5.41) is 24.4. The topological polar surface area (TPSA) is 67.0 Å². The van der Waals surface area contributed by atoms with Gasteiger partial charge in [-0.2, -0.15) is 0 Å². The van der Waals surface area contributed by atoms with Crippen LogP contribution in [0.2, 0.25) is 0 Å². The Hall–Kier alpha value is -3.31. The van der Waals surface area contributed by atoms with E-state index in [9.17, 15) is 5.11 Å². The number of para-hydroxylation sites is 2. The van der Waals surface area contributed by atoms with Crippen molar-refractivity contribution in [3.8, 4) is 5.75 Å². The third-order valence-electron chi connectivity index (χ3n) is 4.60. The molecule has 5 heteroatoms. The fourth-order valence-corrected chi connectivity index (χ4v) is 3.37. The lowest BCUT2D eigenvalue weighted by Crippen LogP contribution is -2.23. The van der Waals surface area contributed by atoms with Crippen LogP contribution in [0.1, 0.15) is 5.56 Å². The van der Waals surface area contributed by atoms with Crippen molar-refractivity contribution >= 4 is 28.0 Å². The van der Waals surface area contributed by atoms with Crippen LogP contribution in [0, 0.1) is 0 Å². The lowest BCUT2D eigenvalue weighted by Gasteiger charge is -2.15. The first-order chi connectivity index (χ1) is 13.3. The van der Waals surface area contributed by atoms with Crippen molar-refractivity contribution in [3.63, 3.8) is 0 Å². The normalized spacial score (nSPS) is 12.8. The molecule has 0 saturated heterocycles. The van der Waals surface area contributed by atoms with E-state index in [4.69, 9.17) is 9.94 Å². The zero-order valence-corrected chi connectivity index (χ0v) is 14.7. The van der Waals surface area contributed by atoms with Gasteiger partial charge in [0.1, 0.15) is 18.5 Å². The number of nitrogens with zero attached hydrogens (tertiary/aromatic N) is 2. The number of hydrogen-bond acceptors (Lipinski definition) is 4. The lowest BCUT2D eigenvalue weighted by molar-refractivity contribution is 0.0945. The Balaban J connectivity index is 1.51. The Kier molecular flexibility index (Phi) is 4.77. The fourth-order valence-electron chi connectivity index (χ4n) is 3.37. The third-order valence-corrected chi connectivity index (χ3v) is 4.60. The summed E-state index contributed by atoms with van der Waals surface area (Å²) in [6.45, 7) is 0.636. The van der Waals surface area contributed by atoms with Crippen LogP contribution in [0.15, 0.2) is 78.0 Å². The Morgan fingerprint density at radius 2 is 1.48 bits per heavy atom. The van der Waals surface area contributed by atoms with Gasteiger partial charge in [-0.3, -0.25) is 0 Å². The average Bonchev–Trinajstić information content (AvgIpc) is 3.02. The van der Waals surface area contributed by atoms with E-state index in [-0.39, 0.29) is 6.61 Å². The quantitative estimate of drug-likeness (QED) is 0.310. The second-order valence-electron chi connectivity index (χ2n) is 6.42. The summed E-state index contributed by atoms with van der Waals surface area (Å²) in [6.07, 6.45) is 0.698. The van der Waals surface area contributed by atoms with E-state index >= 15 is 0 Å². The zero-order chi connectivity index (χ0) is 18.6. The van der Waals surface area contributed by atoms with E-state index in [0.29, 0.717) is 12.3 Å². The first-order valence-electron chi connectivity index (χ1n) is 8.80. The second kappa shape index (κ2) is 7.51. The van der Waals surface area contributed by atoms with Crippen LogP contribution in [0.5, 0.6) is 5.75 Å². The molecule has 0 bridgehead atoms. The minimum Gasteiger partial charge on any atom is -0.491 e. The van der Waals surface area contributed by atoms with Gasteiger partial charge in [-0.05, 0) is 42.0 Å². The van der Waals surface area contributed by atoms with Gasteiger partial charge in [0, 0.05) is 21.8 Å². The van der Waals surface area contributed by atoms with Crippen molar-refractivity contribution in [1.29, 1.82) is 0 Å². The summed E-state index contributed by atoms with van der Waals surface area (Å²) in [4.78, 5) is 0. The van der Waals surface area contributed by atoms with Gasteiger partial charge in [0.15, 0.2) is 0 Å². The third kappa shape index (κ3) is 3.50. The molecule has 4 aromatic rings. The summed E-state index contributed by atoms with van der Waals surface area (Å²) in [5.41, 5.74) is 2.98. The van der Waals surface area contributed by atoms with E-state index in [1.165, 1.54) is 17.0 Å². The van der Waals surface area contributed by atoms with Gasteiger partial charge in [0.05, 0.1) is 12.8 Å². The smallest absolute Gasteiger partial charge is 0.119 e. The molecule has 5 nitrogen and oxygen atoms in total. The van der Waals surface area contributed by atoms with Gasteiger partial charge in [-0.1, -0.05) is 41.6 Å². The number of fused-ring (bicyclic) bond motifs is 3. The van der Waals surface area contributed by atoms with E-state index in [2.05, 4.69) is 34.0 Å². The van der Waals surface area contributed by atoms with Crippen LogP contribution < -0.4 is 4.74 Å². The van der Waals surface area contributed by atoms with Gasteiger partial charge < -0.3 is 19.6 Å². The number of oxime groups is 1. The van der Waals surface area contributed by atoms with Crippen LogP contribution in [-0.4, -0.2) is 33.8 Å². The zero-order valence-electron chi connectivity index (χ0n) is 14.7. The highest BCUT2D eigenvalue weighted by Gasteiger charge is 2.13. The Morgan fingerprint density at radius 3 is 2.07 bits per heavy atom. The van der Waals surface area contributed by atoms with E-state index in [0.717, 1.165) is 16.6 Å². The van der Waals surface area contributed by atoms with Crippen LogP contribution >= 0.6 is 0 Å². The second-order valence-corrected chi connectivity index (χ2v) is 6.42. The summed E-state index contributed by atoms with van der Waals surface area (Å²) < 4.78 is 7.84. The van der Waals surface area contributed by atoms with Gasteiger partial charge in [-0.25, -0.2) is 0 Å². The molecule has 0 radical (unpaired) electrons. The number of aliphatic hydroxyl groups excluding tert-OH is 1. The summed E-state index contributed by atoms with van der Waals surface area (Å²) in [6, 6.07) is 23.6. The van der Waals surface area contributed by atoms with Crippen molar-refractivity contribution in [1.82, 2.24) is 4.57 Å². The van der Waals surface area contributed by atoms with Crippen LogP contribution in [0.3, 0.4) is 0 Å².